The van der Waals surface area contributed by atoms with Crippen LogP contribution in [-0.2, 0) is 13.0 Å². The lowest BCUT2D eigenvalue weighted by Crippen LogP contribution is -2.27. The number of hydrogen-bond acceptors (Lipinski definition) is 7. The number of pyridine rings is 1. The van der Waals surface area contributed by atoms with Crippen LogP contribution in [0.2, 0.25) is 0 Å². The van der Waals surface area contributed by atoms with Gasteiger partial charge in [0.15, 0.2) is 5.65 Å². The van der Waals surface area contributed by atoms with Crippen molar-refractivity contribution in [1.82, 2.24) is 20.1 Å². The van der Waals surface area contributed by atoms with Crippen molar-refractivity contribution in [1.29, 1.82) is 0 Å². The van der Waals surface area contributed by atoms with E-state index in [4.69, 9.17) is 5.73 Å². The first kappa shape index (κ1) is 15.3. The second kappa shape index (κ2) is 5.71. The van der Waals surface area contributed by atoms with Crippen LogP contribution in [0.5, 0.6) is 0 Å². The molecule has 0 unspecified atom stereocenters. The van der Waals surface area contributed by atoms with E-state index in [0.29, 0.717) is 17.3 Å². The maximum Gasteiger partial charge on any atom is 0.269 e. The fourth-order valence-electron chi connectivity index (χ4n) is 3.20. The number of rotatable bonds is 3. The summed E-state index contributed by atoms with van der Waals surface area (Å²) in [7, 11) is 2.06. The maximum atomic E-state index is 10.8. The second-order valence-corrected chi connectivity index (χ2v) is 6.17. The molecule has 9 nitrogen and oxygen atoms in total. The number of benzene rings is 1. The van der Waals surface area contributed by atoms with E-state index in [1.165, 1.54) is 12.1 Å². The monoisotopic (exact) mass is 339 g/mol. The van der Waals surface area contributed by atoms with Crippen LogP contribution < -0.4 is 11.1 Å². The molecule has 0 aliphatic carbocycles. The van der Waals surface area contributed by atoms with Crippen molar-refractivity contribution in [2.75, 3.05) is 24.6 Å². The zero-order valence-electron chi connectivity index (χ0n) is 13.6. The van der Waals surface area contributed by atoms with Crippen molar-refractivity contribution >= 4 is 34.0 Å². The highest BCUT2D eigenvalue weighted by molar-refractivity contribution is 5.92. The molecule has 3 heterocycles. The number of anilines is 3. The molecule has 0 bridgehead atoms. The number of nitrogens with zero attached hydrogens (tertiary/aromatic N) is 4. The Morgan fingerprint density at radius 1 is 1.32 bits per heavy atom. The van der Waals surface area contributed by atoms with Gasteiger partial charge < -0.3 is 16.0 Å². The van der Waals surface area contributed by atoms with Crippen molar-refractivity contribution in [3.63, 3.8) is 0 Å². The molecule has 3 aromatic rings. The van der Waals surface area contributed by atoms with Gasteiger partial charge in [0.2, 0.25) is 0 Å². The fraction of sp³-hybridized carbons (Fsp3) is 0.250. The summed E-state index contributed by atoms with van der Waals surface area (Å²) in [6.45, 7) is 1.69. The van der Waals surface area contributed by atoms with E-state index in [0.717, 1.165) is 41.7 Å². The zero-order valence-corrected chi connectivity index (χ0v) is 13.6. The molecule has 2 aromatic heterocycles. The number of fused-ring (bicyclic) bond motifs is 3. The second-order valence-electron chi connectivity index (χ2n) is 6.17. The van der Waals surface area contributed by atoms with E-state index < -0.39 is 4.92 Å². The first-order chi connectivity index (χ1) is 12.0. The molecule has 128 valence electrons. The molecule has 0 spiro atoms. The van der Waals surface area contributed by atoms with Gasteiger partial charge in [0.25, 0.3) is 5.69 Å². The number of nitrogens with one attached hydrogen (secondary N) is 2. The Labute approximate surface area is 143 Å². The van der Waals surface area contributed by atoms with E-state index in [2.05, 4.69) is 32.4 Å². The normalized spacial score (nSPS) is 14.4. The topological polar surface area (TPSA) is 126 Å². The quantitative estimate of drug-likeness (QED) is 0.493. The number of H-pyrrole nitrogens is 1. The Balaban J connectivity index is 1.78. The van der Waals surface area contributed by atoms with Gasteiger partial charge in [-0.3, -0.25) is 15.2 Å². The molecule has 0 saturated carbocycles. The molecule has 1 aliphatic rings. The average Bonchev–Trinajstić information content (AvgIpc) is 2.96. The van der Waals surface area contributed by atoms with Gasteiger partial charge in [-0.25, -0.2) is 4.98 Å². The molecule has 0 radical (unpaired) electrons. The molecular formula is C16H17N7O2. The number of hydrogen-bond donors (Lipinski definition) is 3. The van der Waals surface area contributed by atoms with E-state index in [-0.39, 0.29) is 5.69 Å². The Morgan fingerprint density at radius 3 is 2.80 bits per heavy atom. The molecule has 1 aromatic carbocycles. The number of nitro groups is 1. The SMILES string of the molecule is CN1CCc2c(c(Nc3ccc([N+](=O)[O-])cc3)nc3n[nH]c(N)c23)C1. The van der Waals surface area contributed by atoms with Crippen LogP contribution in [0.15, 0.2) is 24.3 Å². The third kappa shape index (κ3) is 2.64. The van der Waals surface area contributed by atoms with Crippen molar-refractivity contribution < 1.29 is 4.92 Å². The van der Waals surface area contributed by atoms with Crippen LogP contribution in [0.25, 0.3) is 11.0 Å². The summed E-state index contributed by atoms with van der Waals surface area (Å²) in [5.41, 5.74) is 9.61. The minimum atomic E-state index is -0.419. The van der Waals surface area contributed by atoms with Crippen LogP contribution in [0.3, 0.4) is 0 Å². The van der Waals surface area contributed by atoms with E-state index in [1.807, 2.05) is 0 Å². The number of non-ortho nitro benzene ring substituents is 1. The van der Waals surface area contributed by atoms with Gasteiger partial charge in [0.05, 0.1) is 10.3 Å². The molecule has 9 heteroatoms. The molecule has 0 amide bonds. The summed E-state index contributed by atoms with van der Waals surface area (Å²) < 4.78 is 0. The van der Waals surface area contributed by atoms with Gasteiger partial charge in [-0.05, 0) is 31.2 Å². The zero-order chi connectivity index (χ0) is 17.6. The number of nitrogens with two attached hydrogens (primary N) is 1. The molecule has 0 fully saturated rings. The maximum absolute atomic E-state index is 10.8. The summed E-state index contributed by atoms with van der Waals surface area (Å²) in [5.74, 6) is 1.24. The van der Waals surface area contributed by atoms with Crippen LogP contribution in [-0.4, -0.2) is 38.6 Å². The van der Waals surface area contributed by atoms with E-state index in [9.17, 15) is 10.1 Å². The van der Waals surface area contributed by atoms with Gasteiger partial charge in [-0.2, -0.15) is 5.10 Å². The smallest absolute Gasteiger partial charge is 0.269 e. The average molecular weight is 339 g/mol. The van der Waals surface area contributed by atoms with Gasteiger partial charge in [0.1, 0.15) is 11.6 Å². The summed E-state index contributed by atoms with van der Waals surface area (Å²) in [6, 6.07) is 6.27. The lowest BCUT2D eigenvalue weighted by molar-refractivity contribution is -0.384. The summed E-state index contributed by atoms with van der Waals surface area (Å²) in [4.78, 5) is 17.2. The Hall–Kier alpha value is -3.20. The lowest BCUT2D eigenvalue weighted by Gasteiger charge is -2.27. The Kier molecular flexibility index (Phi) is 3.50. The number of aromatic amines is 1. The van der Waals surface area contributed by atoms with Gasteiger partial charge in [0, 0.05) is 36.5 Å². The molecule has 0 atom stereocenters. The van der Waals surface area contributed by atoms with Crippen molar-refractivity contribution in [2.45, 2.75) is 13.0 Å². The standard InChI is InChI=1S/C16H17N7O2/c1-22-7-6-11-12(8-22)15(19-16-13(11)14(17)20-21-16)18-9-2-4-10(5-3-9)23(24)25/h2-5H,6-8H2,1H3,(H4,17,18,19,20,21). The molecule has 1 aliphatic heterocycles. The molecule has 4 rings (SSSR count). The molecule has 4 N–H and O–H groups in total. The highest BCUT2D eigenvalue weighted by Crippen LogP contribution is 2.34. The third-order valence-electron chi connectivity index (χ3n) is 4.46. The Bertz CT molecular complexity index is 965. The van der Waals surface area contributed by atoms with Crippen molar-refractivity contribution in [3.05, 3.63) is 45.5 Å². The van der Waals surface area contributed by atoms with E-state index >= 15 is 0 Å². The Morgan fingerprint density at radius 2 is 2.08 bits per heavy atom. The van der Waals surface area contributed by atoms with Gasteiger partial charge >= 0.3 is 0 Å². The first-order valence-electron chi connectivity index (χ1n) is 7.88. The molecule has 25 heavy (non-hydrogen) atoms. The number of aromatic nitrogens is 3. The minimum Gasteiger partial charge on any atom is -0.384 e. The number of likely N-dealkylation sites (N-methyl/N-ethyl adjacent to an activating group) is 1. The van der Waals surface area contributed by atoms with Crippen molar-refractivity contribution in [3.8, 4) is 0 Å². The van der Waals surface area contributed by atoms with Crippen LogP contribution in [0, 0.1) is 10.1 Å². The summed E-state index contributed by atoms with van der Waals surface area (Å²) >= 11 is 0. The third-order valence-corrected chi connectivity index (χ3v) is 4.46. The molecular weight excluding hydrogens is 322 g/mol. The van der Waals surface area contributed by atoms with Crippen molar-refractivity contribution in [2.24, 2.45) is 0 Å². The highest BCUT2D eigenvalue weighted by atomic mass is 16.6. The van der Waals surface area contributed by atoms with Gasteiger partial charge in [-0.15, -0.1) is 0 Å². The molecule has 0 saturated heterocycles. The fourth-order valence-corrected chi connectivity index (χ4v) is 3.20. The predicted octanol–water partition coefficient (Wildman–Crippen LogP) is 2.18. The van der Waals surface area contributed by atoms with E-state index in [1.54, 1.807) is 12.1 Å². The number of nitrogen functional groups attached to an aromatic ring is 1. The van der Waals surface area contributed by atoms with Gasteiger partial charge in [-0.1, -0.05) is 0 Å². The highest BCUT2D eigenvalue weighted by Gasteiger charge is 2.23. The summed E-state index contributed by atoms with van der Waals surface area (Å²) in [5, 5.41) is 21.9. The summed E-state index contributed by atoms with van der Waals surface area (Å²) in [6.07, 6.45) is 0.865. The van der Waals surface area contributed by atoms with Crippen LogP contribution >= 0.6 is 0 Å². The lowest BCUT2D eigenvalue weighted by atomic mass is 9.97. The minimum absolute atomic E-state index is 0.0517. The van der Waals surface area contributed by atoms with Crippen LogP contribution in [0.4, 0.5) is 23.0 Å². The number of nitro benzene ring substituents is 1. The first-order valence-corrected chi connectivity index (χ1v) is 7.88. The van der Waals surface area contributed by atoms with Crippen LogP contribution in [0.1, 0.15) is 11.1 Å². The predicted molar refractivity (Wildman–Crippen MR) is 94.7 cm³/mol. The largest absolute Gasteiger partial charge is 0.384 e.